The maximum absolute atomic E-state index is 12.0. The Morgan fingerprint density at radius 3 is 2.80 bits per heavy atom. The highest BCUT2D eigenvalue weighted by molar-refractivity contribution is 8.00. The van der Waals surface area contributed by atoms with Gasteiger partial charge in [-0.05, 0) is 42.5 Å². The highest BCUT2D eigenvalue weighted by Gasteiger charge is 2.19. The Hall–Kier alpha value is -0.370. The molecule has 0 aliphatic carbocycles. The molecule has 0 atom stereocenters. The lowest BCUT2D eigenvalue weighted by Crippen LogP contribution is -2.39. The van der Waals surface area contributed by atoms with Crippen molar-refractivity contribution in [1.82, 2.24) is 4.72 Å². The van der Waals surface area contributed by atoms with E-state index in [2.05, 4.69) is 4.72 Å². The number of sulfonamides is 1. The molecule has 1 heterocycles. The van der Waals surface area contributed by atoms with E-state index in [9.17, 15) is 8.42 Å². The topological polar surface area (TPSA) is 72.2 Å². The minimum atomic E-state index is -3.17. The van der Waals surface area contributed by atoms with Crippen LogP contribution in [0.4, 0.5) is 5.69 Å². The summed E-state index contributed by atoms with van der Waals surface area (Å²) >= 11 is 3.41. The first-order valence-corrected chi connectivity index (χ1v) is 10.4. The molecule has 2 rings (SSSR count). The van der Waals surface area contributed by atoms with Crippen molar-refractivity contribution in [2.45, 2.75) is 23.8 Å². The lowest BCUT2D eigenvalue weighted by atomic mass is 10.2. The van der Waals surface area contributed by atoms with Gasteiger partial charge in [-0.3, -0.25) is 0 Å². The molecular weight excluding hydrogens is 312 g/mol. The van der Waals surface area contributed by atoms with Gasteiger partial charge in [-0.15, -0.1) is 11.8 Å². The zero-order valence-corrected chi connectivity index (χ0v) is 13.7. The lowest BCUT2D eigenvalue weighted by Gasteiger charge is -2.22. The number of anilines is 1. The third-order valence-corrected chi connectivity index (χ3v) is 6.78. The summed E-state index contributed by atoms with van der Waals surface area (Å²) in [4.78, 5) is 1.01. The Balaban J connectivity index is 1.77. The van der Waals surface area contributed by atoms with E-state index in [1.807, 2.05) is 36.0 Å². The smallest absolute Gasteiger partial charge is 0.212 e. The first-order chi connectivity index (χ1) is 9.55. The number of nitrogen functional groups attached to an aromatic ring is 1. The minimum Gasteiger partial charge on any atom is -0.399 e. The van der Waals surface area contributed by atoms with E-state index in [-0.39, 0.29) is 11.8 Å². The Morgan fingerprint density at radius 2 is 2.10 bits per heavy atom. The SMILES string of the molecule is Nc1cccc(SCCS(=O)(=O)NC2CCSCC2)c1. The molecule has 20 heavy (non-hydrogen) atoms. The van der Waals surface area contributed by atoms with Crippen molar-refractivity contribution >= 4 is 39.2 Å². The molecule has 1 saturated heterocycles. The van der Waals surface area contributed by atoms with Crippen LogP contribution in [0.2, 0.25) is 0 Å². The van der Waals surface area contributed by atoms with Crippen LogP contribution in [-0.2, 0) is 10.0 Å². The van der Waals surface area contributed by atoms with Gasteiger partial charge in [0, 0.05) is 22.4 Å². The van der Waals surface area contributed by atoms with Gasteiger partial charge in [0.25, 0.3) is 0 Å². The molecule has 0 amide bonds. The van der Waals surface area contributed by atoms with Crippen molar-refractivity contribution in [3.8, 4) is 0 Å². The minimum absolute atomic E-state index is 0.124. The number of thioether (sulfide) groups is 2. The highest BCUT2D eigenvalue weighted by atomic mass is 32.2. The van der Waals surface area contributed by atoms with Gasteiger partial charge >= 0.3 is 0 Å². The van der Waals surface area contributed by atoms with Crippen molar-refractivity contribution in [2.24, 2.45) is 0 Å². The molecule has 3 N–H and O–H groups in total. The van der Waals surface area contributed by atoms with Crippen LogP contribution in [0.5, 0.6) is 0 Å². The first-order valence-electron chi connectivity index (χ1n) is 6.61. The van der Waals surface area contributed by atoms with E-state index in [0.29, 0.717) is 11.4 Å². The third-order valence-electron chi connectivity index (χ3n) is 3.05. The summed E-state index contributed by atoms with van der Waals surface area (Å²) in [5, 5.41) is 0. The molecule has 1 aromatic carbocycles. The van der Waals surface area contributed by atoms with Crippen LogP contribution in [0.15, 0.2) is 29.2 Å². The number of hydrogen-bond acceptors (Lipinski definition) is 5. The summed E-state index contributed by atoms with van der Waals surface area (Å²) in [6.07, 6.45) is 1.87. The second-order valence-corrected chi connectivity index (χ2v) is 9.01. The molecule has 0 spiro atoms. The van der Waals surface area contributed by atoms with E-state index in [0.717, 1.165) is 29.2 Å². The zero-order valence-electron chi connectivity index (χ0n) is 11.2. The fourth-order valence-electron chi connectivity index (χ4n) is 2.00. The monoisotopic (exact) mass is 332 g/mol. The molecule has 0 bridgehead atoms. The van der Waals surface area contributed by atoms with Crippen LogP contribution in [-0.4, -0.2) is 37.5 Å². The van der Waals surface area contributed by atoms with E-state index in [1.54, 1.807) is 0 Å². The maximum Gasteiger partial charge on any atom is 0.212 e. The van der Waals surface area contributed by atoms with Crippen LogP contribution in [0, 0.1) is 0 Å². The largest absolute Gasteiger partial charge is 0.399 e. The van der Waals surface area contributed by atoms with Gasteiger partial charge in [0.05, 0.1) is 5.75 Å². The van der Waals surface area contributed by atoms with Crippen LogP contribution >= 0.6 is 23.5 Å². The predicted molar refractivity (Wildman–Crippen MR) is 88.8 cm³/mol. The second kappa shape index (κ2) is 7.59. The van der Waals surface area contributed by atoms with Crippen LogP contribution < -0.4 is 10.5 Å². The molecule has 0 aromatic heterocycles. The lowest BCUT2D eigenvalue weighted by molar-refractivity contribution is 0.530. The molecule has 1 fully saturated rings. The highest BCUT2D eigenvalue weighted by Crippen LogP contribution is 2.21. The van der Waals surface area contributed by atoms with Crippen LogP contribution in [0.3, 0.4) is 0 Å². The number of nitrogens with one attached hydrogen (secondary N) is 1. The Labute approximate surface area is 129 Å². The summed E-state index contributed by atoms with van der Waals surface area (Å²) < 4.78 is 26.8. The van der Waals surface area contributed by atoms with E-state index in [1.165, 1.54) is 11.8 Å². The Morgan fingerprint density at radius 1 is 1.35 bits per heavy atom. The maximum atomic E-state index is 12.0. The van der Waals surface area contributed by atoms with E-state index < -0.39 is 10.0 Å². The Kier molecular flexibility index (Phi) is 6.07. The summed E-state index contributed by atoms with van der Waals surface area (Å²) in [5.74, 6) is 2.78. The zero-order chi connectivity index (χ0) is 14.4. The van der Waals surface area contributed by atoms with Crippen molar-refractivity contribution in [1.29, 1.82) is 0 Å². The van der Waals surface area contributed by atoms with Gasteiger partial charge in [-0.25, -0.2) is 13.1 Å². The van der Waals surface area contributed by atoms with Gasteiger partial charge in [0.1, 0.15) is 0 Å². The van der Waals surface area contributed by atoms with E-state index >= 15 is 0 Å². The number of benzene rings is 1. The Bertz CT molecular complexity index is 528. The van der Waals surface area contributed by atoms with Gasteiger partial charge in [0.2, 0.25) is 10.0 Å². The molecule has 1 aliphatic heterocycles. The van der Waals surface area contributed by atoms with Crippen molar-refractivity contribution in [2.75, 3.05) is 28.7 Å². The second-order valence-electron chi connectivity index (χ2n) is 4.74. The molecule has 1 aliphatic rings. The molecule has 1 aromatic rings. The standard InChI is InChI=1S/C13H20N2O2S3/c14-11-2-1-3-13(10-11)19-8-9-20(16,17)15-12-4-6-18-7-5-12/h1-3,10,12,15H,4-9,14H2. The fraction of sp³-hybridized carbons (Fsp3) is 0.538. The fourth-order valence-corrected chi connectivity index (χ4v) is 5.81. The average molecular weight is 333 g/mol. The summed E-state index contributed by atoms with van der Waals surface area (Å²) in [6, 6.07) is 7.63. The summed E-state index contributed by atoms with van der Waals surface area (Å²) in [5.41, 5.74) is 6.40. The number of hydrogen-bond donors (Lipinski definition) is 2. The molecule has 0 radical (unpaired) electrons. The average Bonchev–Trinajstić information content (AvgIpc) is 2.39. The predicted octanol–water partition coefficient (Wildman–Crippen LogP) is 2.18. The van der Waals surface area contributed by atoms with Crippen molar-refractivity contribution in [3.63, 3.8) is 0 Å². The quantitative estimate of drug-likeness (QED) is 0.617. The molecule has 112 valence electrons. The van der Waals surface area contributed by atoms with Gasteiger partial charge in [0.15, 0.2) is 0 Å². The first kappa shape index (κ1) is 16.0. The van der Waals surface area contributed by atoms with Crippen molar-refractivity contribution in [3.05, 3.63) is 24.3 Å². The van der Waals surface area contributed by atoms with Crippen molar-refractivity contribution < 1.29 is 8.42 Å². The number of rotatable bonds is 6. The normalized spacial score (nSPS) is 17.2. The third kappa shape index (κ3) is 5.55. The molecule has 0 saturated carbocycles. The molecule has 4 nitrogen and oxygen atoms in total. The van der Waals surface area contributed by atoms with Crippen LogP contribution in [0.1, 0.15) is 12.8 Å². The van der Waals surface area contributed by atoms with Gasteiger partial charge in [-0.2, -0.15) is 11.8 Å². The van der Waals surface area contributed by atoms with Gasteiger partial charge < -0.3 is 5.73 Å². The molecule has 0 unspecified atom stereocenters. The van der Waals surface area contributed by atoms with Crippen LogP contribution in [0.25, 0.3) is 0 Å². The molecule has 7 heteroatoms. The summed E-state index contributed by atoms with van der Waals surface area (Å²) in [6.45, 7) is 0. The molecular formula is C13H20N2O2S3. The van der Waals surface area contributed by atoms with E-state index in [4.69, 9.17) is 5.73 Å². The summed E-state index contributed by atoms with van der Waals surface area (Å²) in [7, 11) is -3.17. The van der Waals surface area contributed by atoms with Gasteiger partial charge in [-0.1, -0.05) is 6.07 Å². The number of nitrogens with two attached hydrogens (primary N) is 1.